The Morgan fingerprint density at radius 3 is 1.09 bits per heavy atom. The summed E-state index contributed by atoms with van der Waals surface area (Å²) in [6.45, 7) is 15.1. The van der Waals surface area contributed by atoms with E-state index >= 15 is 0 Å². The van der Waals surface area contributed by atoms with Gasteiger partial charge in [0.05, 0.1) is 0 Å². The van der Waals surface area contributed by atoms with Crippen molar-refractivity contribution in [3.05, 3.63) is 0 Å². The van der Waals surface area contributed by atoms with Crippen molar-refractivity contribution in [1.82, 2.24) is 9.80 Å². The van der Waals surface area contributed by atoms with Crippen LogP contribution in [0.1, 0.15) is 92.9 Å². The summed E-state index contributed by atoms with van der Waals surface area (Å²) in [5, 5.41) is 0. The molecule has 0 saturated heterocycles. The zero-order valence-electron chi connectivity index (χ0n) is 21.6. The Kier molecular flexibility index (Phi) is 15.4. The van der Waals surface area contributed by atoms with E-state index in [9.17, 15) is 9.59 Å². The minimum Gasteiger partial charge on any atom is -0.444 e. The molecule has 0 bridgehead atoms. The number of hydrogen-bond acceptors (Lipinski definition) is 6. The van der Waals surface area contributed by atoms with Crippen molar-refractivity contribution < 1.29 is 19.1 Å². The monoisotopic (exact) mass is 458 g/mol. The second kappa shape index (κ2) is 16.1. The van der Waals surface area contributed by atoms with Gasteiger partial charge in [-0.3, -0.25) is 0 Å². The molecule has 0 aliphatic rings. The Morgan fingerprint density at radius 1 is 0.562 bits per heavy atom. The van der Waals surface area contributed by atoms with Gasteiger partial charge in [0.2, 0.25) is 0 Å². The molecule has 8 heteroatoms. The Bertz CT molecular complexity index is 469. The lowest BCUT2D eigenvalue weighted by molar-refractivity contribution is 0.0206. The maximum Gasteiger partial charge on any atom is 0.410 e. The highest BCUT2D eigenvalue weighted by atomic mass is 16.6. The van der Waals surface area contributed by atoms with Crippen molar-refractivity contribution in [2.75, 3.05) is 39.3 Å². The predicted molar refractivity (Wildman–Crippen MR) is 131 cm³/mol. The van der Waals surface area contributed by atoms with Crippen molar-refractivity contribution in [2.45, 2.75) is 104 Å². The van der Waals surface area contributed by atoms with Gasteiger partial charge in [-0.05, 0) is 93.2 Å². The first-order chi connectivity index (χ1) is 14.9. The van der Waals surface area contributed by atoms with Gasteiger partial charge in [0.1, 0.15) is 11.2 Å². The van der Waals surface area contributed by atoms with Crippen LogP contribution in [0.4, 0.5) is 9.59 Å². The van der Waals surface area contributed by atoms with Gasteiger partial charge in [0.15, 0.2) is 0 Å². The number of hydrogen-bond donors (Lipinski definition) is 2. The van der Waals surface area contributed by atoms with Crippen LogP contribution in [-0.2, 0) is 9.47 Å². The summed E-state index contributed by atoms with van der Waals surface area (Å²) in [5.41, 5.74) is 10.1. The molecule has 0 fully saturated rings. The third-order valence-electron chi connectivity index (χ3n) is 4.67. The van der Waals surface area contributed by atoms with E-state index < -0.39 is 11.2 Å². The van der Waals surface area contributed by atoms with Crippen molar-refractivity contribution in [2.24, 2.45) is 11.5 Å². The first kappa shape index (κ1) is 30.5. The molecule has 0 rings (SSSR count). The summed E-state index contributed by atoms with van der Waals surface area (Å²) in [6.07, 6.45) is 6.72. The Morgan fingerprint density at radius 2 is 0.844 bits per heavy atom. The normalized spacial score (nSPS) is 11.9. The molecule has 8 nitrogen and oxygen atoms in total. The van der Waals surface area contributed by atoms with Gasteiger partial charge >= 0.3 is 12.2 Å². The fourth-order valence-electron chi connectivity index (χ4n) is 3.09. The summed E-state index contributed by atoms with van der Waals surface area (Å²) in [5.74, 6) is 0. The molecule has 0 aromatic heterocycles. The number of nitrogens with two attached hydrogens (primary N) is 2. The molecule has 0 spiro atoms. The number of nitrogens with zero attached hydrogens (tertiary/aromatic N) is 2. The highest BCUT2D eigenvalue weighted by Gasteiger charge is 2.23. The number of carbonyl (C=O) groups excluding carboxylic acids is 2. The second-order valence-electron chi connectivity index (χ2n) is 10.3. The average Bonchev–Trinajstić information content (AvgIpc) is 2.65. The van der Waals surface area contributed by atoms with E-state index in [2.05, 4.69) is 0 Å². The number of unbranched alkanes of at least 4 members (excludes halogenated alkanes) is 5. The molecule has 0 aromatic rings. The second-order valence-corrected chi connectivity index (χ2v) is 10.3. The van der Waals surface area contributed by atoms with Gasteiger partial charge in [-0.15, -0.1) is 0 Å². The lowest BCUT2D eigenvalue weighted by Crippen LogP contribution is -2.39. The third kappa shape index (κ3) is 17.1. The predicted octanol–water partition coefficient (Wildman–Crippen LogP) is 4.50. The molecule has 190 valence electrons. The SMILES string of the molecule is CC(C)(C)OC(=O)N(CCCCCN)CCCCN(CCCCCN)C(=O)OC(C)(C)C. The van der Waals surface area contributed by atoms with Crippen LogP contribution in [0.2, 0.25) is 0 Å². The summed E-state index contributed by atoms with van der Waals surface area (Å²) >= 11 is 0. The van der Waals surface area contributed by atoms with E-state index in [0.29, 0.717) is 39.3 Å². The van der Waals surface area contributed by atoms with Gasteiger partial charge in [0.25, 0.3) is 0 Å². The largest absolute Gasteiger partial charge is 0.444 e. The molecule has 0 atom stereocenters. The van der Waals surface area contributed by atoms with E-state index in [1.54, 1.807) is 9.80 Å². The molecule has 2 amide bonds. The summed E-state index contributed by atoms with van der Waals surface area (Å²) in [4.78, 5) is 28.8. The lowest BCUT2D eigenvalue weighted by atomic mass is 10.2. The lowest BCUT2D eigenvalue weighted by Gasteiger charge is -2.29. The first-order valence-electron chi connectivity index (χ1n) is 12.3. The molecule has 0 aliphatic carbocycles. The molecule has 0 unspecified atom stereocenters. The highest BCUT2D eigenvalue weighted by Crippen LogP contribution is 2.14. The summed E-state index contributed by atoms with van der Waals surface area (Å²) in [7, 11) is 0. The fourth-order valence-corrected chi connectivity index (χ4v) is 3.09. The maximum absolute atomic E-state index is 12.6. The molecule has 0 aliphatic heterocycles. The standard InChI is InChI=1S/C24H50N4O4/c1-23(2,3)31-21(29)27(17-11-7-9-15-25)19-13-14-20-28(18-12-8-10-16-26)22(30)32-24(4,5)6/h7-20,25-26H2,1-6H3. The van der Waals surface area contributed by atoms with E-state index in [1.807, 2.05) is 41.5 Å². The number of carbonyl (C=O) groups is 2. The number of amides is 2. The zero-order valence-corrected chi connectivity index (χ0v) is 21.6. The quantitative estimate of drug-likeness (QED) is 0.350. The molecule has 0 aromatic carbocycles. The topological polar surface area (TPSA) is 111 Å². The minimum absolute atomic E-state index is 0.281. The van der Waals surface area contributed by atoms with Crippen molar-refractivity contribution in [1.29, 1.82) is 0 Å². The Labute approximate surface area is 196 Å². The van der Waals surface area contributed by atoms with E-state index in [-0.39, 0.29) is 12.2 Å². The summed E-state index contributed by atoms with van der Waals surface area (Å²) < 4.78 is 11.1. The fraction of sp³-hybridized carbons (Fsp3) is 0.917. The van der Waals surface area contributed by atoms with Gasteiger partial charge in [-0.25, -0.2) is 9.59 Å². The van der Waals surface area contributed by atoms with Crippen LogP contribution < -0.4 is 11.5 Å². The summed E-state index contributed by atoms with van der Waals surface area (Å²) in [6, 6.07) is 0. The van der Waals surface area contributed by atoms with Crippen LogP contribution in [0.15, 0.2) is 0 Å². The van der Waals surface area contributed by atoms with Crippen LogP contribution in [0.3, 0.4) is 0 Å². The maximum atomic E-state index is 12.6. The first-order valence-corrected chi connectivity index (χ1v) is 12.3. The van der Waals surface area contributed by atoms with Crippen molar-refractivity contribution in [3.63, 3.8) is 0 Å². The molecule has 0 heterocycles. The highest BCUT2D eigenvalue weighted by molar-refractivity contribution is 5.68. The van der Waals surface area contributed by atoms with Crippen LogP contribution in [0, 0.1) is 0 Å². The third-order valence-corrected chi connectivity index (χ3v) is 4.67. The Hall–Kier alpha value is -1.54. The molecular weight excluding hydrogens is 408 g/mol. The average molecular weight is 459 g/mol. The molecular formula is C24H50N4O4. The van der Waals surface area contributed by atoms with Crippen molar-refractivity contribution in [3.8, 4) is 0 Å². The van der Waals surface area contributed by atoms with Gasteiger partial charge in [0, 0.05) is 26.2 Å². The van der Waals surface area contributed by atoms with Crippen molar-refractivity contribution >= 4 is 12.2 Å². The number of ether oxygens (including phenoxy) is 2. The van der Waals surface area contributed by atoms with Crippen LogP contribution in [0.5, 0.6) is 0 Å². The van der Waals surface area contributed by atoms with Crippen LogP contribution in [0.25, 0.3) is 0 Å². The number of rotatable bonds is 15. The Balaban J connectivity index is 4.76. The van der Waals surface area contributed by atoms with Gasteiger partial charge < -0.3 is 30.7 Å². The van der Waals surface area contributed by atoms with E-state index in [1.165, 1.54) is 0 Å². The van der Waals surface area contributed by atoms with E-state index in [4.69, 9.17) is 20.9 Å². The van der Waals surface area contributed by atoms with E-state index in [0.717, 1.165) is 51.4 Å². The van der Waals surface area contributed by atoms with Crippen LogP contribution >= 0.6 is 0 Å². The minimum atomic E-state index is -0.524. The molecule has 0 saturated carbocycles. The smallest absolute Gasteiger partial charge is 0.410 e. The van der Waals surface area contributed by atoms with Gasteiger partial charge in [-0.1, -0.05) is 12.8 Å². The van der Waals surface area contributed by atoms with Crippen LogP contribution in [-0.4, -0.2) is 72.5 Å². The molecule has 4 N–H and O–H groups in total. The van der Waals surface area contributed by atoms with Gasteiger partial charge in [-0.2, -0.15) is 0 Å². The zero-order chi connectivity index (χ0) is 24.6. The molecule has 32 heavy (non-hydrogen) atoms. The molecule has 0 radical (unpaired) electrons.